The van der Waals surface area contributed by atoms with Crippen LogP contribution in [0.1, 0.15) is 11.4 Å². The molecule has 1 aliphatic heterocycles. The summed E-state index contributed by atoms with van der Waals surface area (Å²) in [5.41, 5.74) is 4.86. The second-order valence-electron chi connectivity index (χ2n) is 4.58. The molecule has 4 nitrogen and oxygen atoms in total. The molecule has 0 radical (unpaired) electrons. The average Bonchev–Trinajstić information content (AvgIpc) is 3.02. The minimum atomic E-state index is 0.858. The summed E-state index contributed by atoms with van der Waals surface area (Å²) in [5, 5.41) is 5.64. The van der Waals surface area contributed by atoms with Crippen LogP contribution in [0.4, 0.5) is 0 Å². The van der Waals surface area contributed by atoms with Gasteiger partial charge >= 0.3 is 0 Å². The van der Waals surface area contributed by atoms with Gasteiger partial charge in [-0.25, -0.2) is 14.6 Å². The summed E-state index contributed by atoms with van der Waals surface area (Å²) in [7, 11) is 0. The molecule has 3 heterocycles. The third kappa shape index (κ3) is 1.65. The van der Waals surface area contributed by atoms with Crippen LogP contribution in [0.15, 0.2) is 35.4 Å². The van der Waals surface area contributed by atoms with Gasteiger partial charge in [0.05, 0.1) is 17.1 Å². The standard InChI is InChI=1S/C14H12N4S/c1-9-12-13(16-14-11(15-12)7-8-19-14)18(17-9)10-5-3-2-4-6-10/h2-6H,7-8H2,1H3. The van der Waals surface area contributed by atoms with Gasteiger partial charge in [-0.05, 0) is 19.1 Å². The summed E-state index contributed by atoms with van der Waals surface area (Å²) in [6.45, 7) is 1.99. The predicted molar refractivity (Wildman–Crippen MR) is 75.8 cm³/mol. The molecule has 1 aromatic carbocycles. The molecule has 19 heavy (non-hydrogen) atoms. The molecule has 0 unspecified atom stereocenters. The Hall–Kier alpha value is -1.88. The lowest BCUT2D eigenvalue weighted by Crippen LogP contribution is -1.99. The van der Waals surface area contributed by atoms with E-state index in [-0.39, 0.29) is 0 Å². The lowest BCUT2D eigenvalue weighted by molar-refractivity contribution is 0.868. The lowest BCUT2D eigenvalue weighted by atomic mass is 10.3. The molecule has 0 atom stereocenters. The van der Waals surface area contributed by atoms with Crippen LogP contribution in [0.3, 0.4) is 0 Å². The van der Waals surface area contributed by atoms with Crippen molar-refractivity contribution >= 4 is 22.9 Å². The van der Waals surface area contributed by atoms with Crippen molar-refractivity contribution in [3.05, 3.63) is 41.7 Å². The molecule has 4 rings (SSSR count). The van der Waals surface area contributed by atoms with Gasteiger partial charge in [0, 0.05) is 12.2 Å². The minimum absolute atomic E-state index is 0.858. The van der Waals surface area contributed by atoms with Crippen molar-refractivity contribution in [3.8, 4) is 5.69 Å². The van der Waals surface area contributed by atoms with Crippen molar-refractivity contribution in [2.75, 3.05) is 5.75 Å². The molecule has 0 bridgehead atoms. The van der Waals surface area contributed by atoms with Crippen molar-refractivity contribution in [3.63, 3.8) is 0 Å². The van der Waals surface area contributed by atoms with Crippen LogP contribution in [-0.4, -0.2) is 25.5 Å². The third-order valence-electron chi connectivity index (χ3n) is 3.28. The Morgan fingerprint density at radius 3 is 2.84 bits per heavy atom. The molecule has 0 spiro atoms. The van der Waals surface area contributed by atoms with E-state index in [1.807, 2.05) is 41.9 Å². The first-order chi connectivity index (χ1) is 9.33. The van der Waals surface area contributed by atoms with Gasteiger partial charge in [-0.1, -0.05) is 18.2 Å². The summed E-state index contributed by atoms with van der Waals surface area (Å²) in [6.07, 6.45) is 1.01. The number of fused-ring (bicyclic) bond motifs is 2. The van der Waals surface area contributed by atoms with Crippen LogP contribution in [0.25, 0.3) is 16.9 Å². The highest BCUT2D eigenvalue weighted by molar-refractivity contribution is 7.99. The molecule has 0 amide bonds. The Balaban J connectivity index is 2.02. The monoisotopic (exact) mass is 268 g/mol. The van der Waals surface area contributed by atoms with E-state index in [2.05, 4.69) is 5.10 Å². The normalized spacial score (nSPS) is 13.9. The number of hydrogen-bond acceptors (Lipinski definition) is 4. The first-order valence-corrected chi connectivity index (χ1v) is 7.26. The number of nitrogens with zero attached hydrogens (tertiary/aromatic N) is 4. The Bertz CT molecular complexity index is 764. The van der Waals surface area contributed by atoms with E-state index in [0.29, 0.717) is 0 Å². The van der Waals surface area contributed by atoms with Crippen LogP contribution >= 0.6 is 11.8 Å². The molecule has 2 aromatic heterocycles. The van der Waals surface area contributed by atoms with E-state index >= 15 is 0 Å². The lowest BCUT2D eigenvalue weighted by Gasteiger charge is -2.03. The number of aryl methyl sites for hydroxylation is 2. The van der Waals surface area contributed by atoms with Gasteiger partial charge < -0.3 is 0 Å². The first-order valence-electron chi connectivity index (χ1n) is 6.27. The molecule has 94 valence electrons. The van der Waals surface area contributed by atoms with E-state index in [9.17, 15) is 0 Å². The Kier molecular flexibility index (Phi) is 2.35. The molecule has 0 N–H and O–H groups in total. The maximum absolute atomic E-state index is 4.75. The fraction of sp³-hybridized carbons (Fsp3) is 0.214. The maximum atomic E-state index is 4.75. The largest absolute Gasteiger partial charge is 0.245 e. The summed E-state index contributed by atoms with van der Waals surface area (Å²) in [5.74, 6) is 1.08. The SMILES string of the molecule is Cc1nn(-c2ccccc2)c2nc3c(nc12)CCS3. The number of aromatic nitrogens is 4. The van der Waals surface area contributed by atoms with Crippen LogP contribution in [0.5, 0.6) is 0 Å². The topological polar surface area (TPSA) is 43.6 Å². The highest BCUT2D eigenvalue weighted by atomic mass is 32.2. The van der Waals surface area contributed by atoms with Crippen LogP contribution in [-0.2, 0) is 6.42 Å². The summed E-state index contributed by atoms with van der Waals surface area (Å²) in [4.78, 5) is 9.49. The highest BCUT2D eigenvalue weighted by Crippen LogP contribution is 2.30. The number of rotatable bonds is 1. The van der Waals surface area contributed by atoms with E-state index in [1.165, 1.54) is 0 Å². The van der Waals surface area contributed by atoms with Crippen molar-refractivity contribution in [2.45, 2.75) is 18.4 Å². The van der Waals surface area contributed by atoms with Crippen molar-refractivity contribution in [1.82, 2.24) is 19.7 Å². The fourth-order valence-corrected chi connectivity index (χ4v) is 3.31. The van der Waals surface area contributed by atoms with Crippen LogP contribution in [0, 0.1) is 6.92 Å². The van der Waals surface area contributed by atoms with Gasteiger partial charge in [-0.15, -0.1) is 11.8 Å². The van der Waals surface area contributed by atoms with E-state index in [4.69, 9.17) is 9.97 Å². The molecule has 0 saturated carbocycles. The van der Waals surface area contributed by atoms with Gasteiger partial charge in [-0.2, -0.15) is 5.10 Å². The summed E-state index contributed by atoms with van der Waals surface area (Å²) in [6, 6.07) is 10.1. The Labute approximate surface area is 114 Å². The summed E-state index contributed by atoms with van der Waals surface area (Å²) < 4.78 is 1.89. The van der Waals surface area contributed by atoms with E-state index in [1.54, 1.807) is 11.8 Å². The Morgan fingerprint density at radius 1 is 1.16 bits per heavy atom. The van der Waals surface area contributed by atoms with Crippen LogP contribution < -0.4 is 0 Å². The van der Waals surface area contributed by atoms with Gasteiger partial charge in [-0.3, -0.25) is 0 Å². The molecule has 5 heteroatoms. The summed E-state index contributed by atoms with van der Waals surface area (Å²) >= 11 is 1.78. The highest BCUT2D eigenvalue weighted by Gasteiger charge is 2.20. The molecule has 3 aromatic rings. The Morgan fingerprint density at radius 2 is 2.00 bits per heavy atom. The van der Waals surface area contributed by atoms with Gasteiger partial charge in [0.1, 0.15) is 10.5 Å². The molecular formula is C14H12N4S. The fourth-order valence-electron chi connectivity index (χ4n) is 2.35. The number of hydrogen-bond donors (Lipinski definition) is 0. The zero-order valence-corrected chi connectivity index (χ0v) is 11.3. The quantitative estimate of drug-likeness (QED) is 0.680. The van der Waals surface area contributed by atoms with Gasteiger partial charge in [0.2, 0.25) is 0 Å². The molecule has 0 fully saturated rings. The molecule has 0 saturated heterocycles. The van der Waals surface area contributed by atoms with E-state index in [0.717, 1.165) is 45.4 Å². The second kappa shape index (κ2) is 4.06. The van der Waals surface area contributed by atoms with Crippen molar-refractivity contribution < 1.29 is 0 Å². The van der Waals surface area contributed by atoms with Crippen LogP contribution in [0.2, 0.25) is 0 Å². The van der Waals surface area contributed by atoms with Gasteiger partial charge in [0.25, 0.3) is 0 Å². The molecule has 0 aliphatic carbocycles. The average molecular weight is 268 g/mol. The second-order valence-corrected chi connectivity index (χ2v) is 5.66. The van der Waals surface area contributed by atoms with E-state index < -0.39 is 0 Å². The molecule has 1 aliphatic rings. The minimum Gasteiger partial charge on any atom is -0.245 e. The smallest absolute Gasteiger partial charge is 0.183 e. The number of para-hydroxylation sites is 1. The zero-order valence-electron chi connectivity index (χ0n) is 10.5. The maximum Gasteiger partial charge on any atom is 0.183 e. The predicted octanol–water partition coefficient (Wildman–Crippen LogP) is 2.77. The van der Waals surface area contributed by atoms with Crippen molar-refractivity contribution in [2.24, 2.45) is 0 Å². The third-order valence-corrected chi connectivity index (χ3v) is 4.29. The zero-order chi connectivity index (χ0) is 12.8. The first kappa shape index (κ1) is 11.0. The number of thioether (sulfide) groups is 1. The van der Waals surface area contributed by atoms with Crippen molar-refractivity contribution in [1.29, 1.82) is 0 Å². The van der Waals surface area contributed by atoms with Gasteiger partial charge in [0.15, 0.2) is 5.65 Å². The molecular weight excluding hydrogens is 256 g/mol. The number of benzene rings is 1.